The molecule has 0 aromatic carbocycles. The summed E-state index contributed by atoms with van der Waals surface area (Å²) < 4.78 is 0. The van der Waals surface area contributed by atoms with E-state index in [4.69, 9.17) is 0 Å². The largest absolute Gasteiger partial charge is 4.00 e. The minimum Gasteiger partial charge on any atom is -0.358 e. The molecule has 1 aliphatic rings. The molecule has 0 aromatic heterocycles. The fraction of sp³-hybridized carbons (Fsp3) is 0.222. The number of hydrogen-bond acceptors (Lipinski definition) is 0. The second kappa shape index (κ2) is 11.8. The van der Waals surface area contributed by atoms with Crippen LogP contribution in [0.5, 0.6) is 0 Å². The zero-order valence-corrected chi connectivity index (χ0v) is 8.32. The number of hydrogen-bond donors (Lipinski definition) is 0. The molecule has 0 amide bonds. The molecule has 60 valence electrons. The van der Waals surface area contributed by atoms with Gasteiger partial charge in [-0.15, -0.1) is 6.42 Å². The fourth-order valence-corrected chi connectivity index (χ4v) is 0.515. The van der Waals surface area contributed by atoms with Gasteiger partial charge in [-0.1, -0.05) is 6.92 Å². The van der Waals surface area contributed by atoms with Crippen LogP contribution in [-0.2, 0) is 17.1 Å². The summed E-state index contributed by atoms with van der Waals surface area (Å²) in [6.45, 7) is 2.06. The molecule has 10 heavy (non-hydrogen) atoms. The zero-order chi connectivity index (χ0) is 4.41. The Morgan fingerprint density at radius 2 is 1.80 bits per heavy atom. The van der Waals surface area contributed by atoms with Gasteiger partial charge in [0, 0.05) is 0 Å². The van der Waals surface area contributed by atoms with Crippen molar-refractivity contribution in [3.8, 4) is 0 Å². The van der Waals surface area contributed by atoms with Gasteiger partial charge in [0.15, 0.2) is 0 Å². The van der Waals surface area contributed by atoms with Crippen LogP contribution in [0.2, 0.25) is 0 Å². The van der Waals surface area contributed by atoms with Gasteiger partial charge in [0.25, 0.3) is 0 Å². The minimum atomic E-state index is 0. The molecule has 0 bridgehead atoms. The Balaban J connectivity index is -0.0000000450. The van der Waals surface area contributed by atoms with Crippen LogP contribution in [0.4, 0.5) is 0 Å². The molecule has 0 N–H and O–H groups in total. The predicted molar refractivity (Wildman–Crippen MR) is 45.4 cm³/mol. The zero-order valence-electron chi connectivity index (χ0n) is 7.22. The summed E-state index contributed by atoms with van der Waals surface area (Å²) in [5, 5.41) is 0. The Kier molecular flexibility index (Phi) is 26.4. The summed E-state index contributed by atoms with van der Waals surface area (Å²) in [4.78, 5) is 0. The second-order valence-corrected chi connectivity index (χ2v) is 1.47. The van der Waals surface area contributed by atoms with Crippen molar-refractivity contribution >= 4 is 0 Å². The standard InChI is InChI=1S/C6H7.3CH3.Fe/c1-6-4-2-3-5-6;;;;/h2,4H,3H2,1H3;3*1H3;/q4*-1;+4. The van der Waals surface area contributed by atoms with Crippen LogP contribution in [0, 0.1) is 28.4 Å². The Morgan fingerprint density at radius 3 is 1.90 bits per heavy atom. The molecule has 1 heteroatoms. The molecule has 0 heterocycles. The van der Waals surface area contributed by atoms with Gasteiger partial charge in [-0.05, 0) is 0 Å². The van der Waals surface area contributed by atoms with E-state index < -0.39 is 0 Å². The van der Waals surface area contributed by atoms with Gasteiger partial charge < -0.3 is 22.3 Å². The molecule has 0 saturated heterocycles. The van der Waals surface area contributed by atoms with Crippen molar-refractivity contribution in [2.45, 2.75) is 13.3 Å². The van der Waals surface area contributed by atoms with Crippen LogP contribution in [0.1, 0.15) is 13.3 Å². The van der Waals surface area contributed by atoms with E-state index in [1.807, 2.05) is 0 Å². The topological polar surface area (TPSA) is 0 Å². The van der Waals surface area contributed by atoms with Gasteiger partial charge in [-0.2, -0.15) is 6.08 Å². The van der Waals surface area contributed by atoms with Crippen molar-refractivity contribution in [1.82, 2.24) is 0 Å². The molecule has 0 spiro atoms. The first-order valence-electron chi connectivity index (χ1n) is 2.13. The fourth-order valence-electron chi connectivity index (χ4n) is 0.515. The Morgan fingerprint density at radius 1 is 1.30 bits per heavy atom. The molecule has 1 rings (SSSR count). The van der Waals surface area contributed by atoms with Gasteiger partial charge in [0.1, 0.15) is 0 Å². The van der Waals surface area contributed by atoms with E-state index in [1.54, 1.807) is 0 Å². The molecule has 0 saturated carbocycles. The van der Waals surface area contributed by atoms with Crippen LogP contribution in [-0.4, -0.2) is 0 Å². The summed E-state index contributed by atoms with van der Waals surface area (Å²) in [5.74, 6) is 0. The third kappa shape index (κ3) is 8.00. The van der Waals surface area contributed by atoms with Crippen molar-refractivity contribution < 1.29 is 17.1 Å². The normalized spacial score (nSPS) is 11.1. The molecule has 0 aromatic rings. The summed E-state index contributed by atoms with van der Waals surface area (Å²) in [6.07, 6.45) is 8.33. The van der Waals surface area contributed by atoms with Gasteiger partial charge in [-0.3, -0.25) is 6.08 Å². The third-order valence-electron chi connectivity index (χ3n) is 0.867. The van der Waals surface area contributed by atoms with E-state index >= 15 is 0 Å². The quantitative estimate of drug-likeness (QED) is 0.397. The maximum absolute atomic E-state index is 3.12. The van der Waals surface area contributed by atoms with E-state index in [9.17, 15) is 0 Å². The maximum atomic E-state index is 3.12. The molecule has 0 unspecified atom stereocenters. The maximum Gasteiger partial charge on any atom is 4.00 e. The van der Waals surface area contributed by atoms with E-state index in [1.165, 1.54) is 5.57 Å². The van der Waals surface area contributed by atoms with Gasteiger partial charge in [0.05, 0.1) is 0 Å². The van der Waals surface area contributed by atoms with Crippen LogP contribution < -0.4 is 0 Å². The second-order valence-electron chi connectivity index (χ2n) is 1.47. The van der Waals surface area contributed by atoms with Crippen molar-refractivity contribution in [2.75, 3.05) is 0 Å². The van der Waals surface area contributed by atoms with Crippen molar-refractivity contribution in [1.29, 1.82) is 0 Å². The van der Waals surface area contributed by atoms with Gasteiger partial charge >= 0.3 is 17.1 Å². The van der Waals surface area contributed by atoms with E-state index in [0.29, 0.717) is 0 Å². The summed E-state index contributed by atoms with van der Waals surface area (Å²) in [6, 6.07) is 0. The average Bonchev–Trinajstić information content (AvgIpc) is 1.86. The summed E-state index contributed by atoms with van der Waals surface area (Å²) >= 11 is 0. The molecule has 0 nitrogen and oxygen atoms in total. The molecule has 0 fully saturated rings. The van der Waals surface area contributed by atoms with Crippen molar-refractivity contribution in [2.24, 2.45) is 0 Å². The molecule has 1 aliphatic carbocycles. The van der Waals surface area contributed by atoms with Crippen molar-refractivity contribution in [3.05, 3.63) is 46.1 Å². The number of allylic oxidation sites excluding steroid dienone is 4. The summed E-state index contributed by atoms with van der Waals surface area (Å²) in [7, 11) is 0. The summed E-state index contributed by atoms with van der Waals surface area (Å²) in [5.41, 5.74) is 1.27. The number of rotatable bonds is 0. The van der Waals surface area contributed by atoms with E-state index in [0.717, 1.165) is 6.42 Å². The van der Waals surface area contributed by atoms with Crippen LogP contribution in [0.25, 0.3) is 0 Å². The van der Waals surface area contributed by atoms with E-state index in [-0.39, 0.29) is 39.3 Å². The Labute approximate surface area is 76.9 Å². The Bertz CT molecular complexity index is 98.5. The molecular formula is C9H16Fe. The van der Waals surface area contributed by atoms with Gasteiger partial charge in [-0.25, -0.2) is 11.6 Å². The van der Waals surface area contributed by atoms with Crippen LogP contribution in [0.3, 0.4) is 0 Å². The average molecular weight is 180 g/mol. The first kappa shape index (κ1) is 22.5. The predicted octanol–water partition coefficient (Wildman–Crippen LogP) is 3.04. The molecule has 0 radical (unpaired) electrons. The Hall–Kier alpha value is -0.000519. The third-order valence-corrected chi connectivity index (χ3v) is 0.867. The first-order chi connectivity index (χ1) is 2.89. The molecular weight excluding hydrogens is 164 g/mol. The minimum absolute atomic E-state index is 0. The van der Waals surface area contributed by atoms with Crippen LogP contribution >= 0.6 is 0 Å². The van der Waals surface area contributed by atoms with Crippen LogP contribution in [0.15, 0.2) is 17.7 Å². The smallest absolute Gasteiger partial charge is 0.358 e. The SMILES string of the molecule is CC1=[C-]CC=C1.[CH3-].[CH3-].[CH3-].[Fe+4]. The first-order valence-corrected chi connectivity index (χ1v) is 2.13. The molecule has 0 atom stereocenters. The van der Waals surface area contributed by atoms with Gasteiger partial charge in [0.2, 0.25) is 0 Å². The van der Waals surface area contributed by atoms with Crippen molar-refractivity contribution in [3.63, 3.8) is 0 Å². The van der Waals surface area contributed by atoms with E-state index in [2.05, 4.69) is 25.2 Å². The molecule has 0 aliphatic heterocycles. The monoisotopic (exact) mass is 180 g/mol.